The largest absolute Gasteiger partial charge is 0.507 e. The fourth-order valence-electron chi connectivity index (χ4n) is 4.43. The molecule has 4 rings (SSSR count). The third-order valence-electron chi connectivity index (χ3n) is 5.98. The molecule has 0 saturated carbocycles. The van der Waals surface area contributed by atoms with Gasteiger partial charge < -0.3 is 24.4 Å². The molecule has 1 saturated heterocycles. The topological polar surface area (TPSA) is 79.3 Å². The number of rotatable bonds is 7. The van der Waals surface area contributed by atoms with E-state index in [0.717, 1.165) is 23.3 Å². The molecule has 7 nitrogen and oxygen atoms in total. The van der Waals surface area contributed by atoms with Crippen LogP contribution in [0.2, 0.25) is 0 Å². The number of nitrogens with zero attached hydrogens (tertiary/aromatic N) is 2. The minimum atomic E-state index is -0.700. The van der Waals surface area contributed by atoms with Crippen molar-refractivity contribution in [1.29, 1.82) is 0 Å². The number of likely N-dealkylation sites (N-methyl/N-ethyl adjacent to an activating group) is 1. The van der Waals surface area contributed by atoms with Crippen molar-refractivity contribution in [2.75, 3.05) is 33.8 Å². The van der Waals surface area contributed by atoms with Crippen molar-refractivity contribution in [2.45, 2.75) is 32.4 Å². The van der Waals surface area contributed by atoms with Crippen molar-refractivity contribution < 1.29 is 24.2 Å². The molecule has 0 unspecified atom stereocenters. The van der Waals surface area contributed by atoms with Crippen molar-refractivity contribution in [3.8, 4) is 11.5 Å². The number of likely N-dealkylation sites (tertiary alicyclic amines) is 1. The third-order valence-corrected chi connectivity index (χ3v) is 5.98. The van der Waals surface area contributed by atoms with Gasteiger partial charge in [-0.3, -0.25) is 9.59 Å². The number of ether oxygens (including phenoxy) is 2. The van der Waals surface area contributed by atoms with Gasteiger partial charge in [0.1, 0.15) is 23.4 Å². The van der Waals surface area contributed by atoms with E-state index in [1.165, 1.54) is 4.90 Å². The maximum absolute atomic E-state index is 13.2. The van der Waals surface area contributed by atoms with Gasteiger partial charge in [-0.15, -0.1) is 0 Å². The summed E-state index contributed by atoms with van der Waals surface area (Å²) in [6.45, 7) is 5.32. The van der Waals surface area contributed by atoms with Crippen molar-refractivity contribution in [3.05, 3.63) is 64.7 Å². The number of benzene rings is 2. The van der Waals surface area contributed by atoms with E-state index in [-0.39, 0.29) is 17.4 Å². The zero-order valence-corrected chi connectivity index (χ0v) is 19.5. The standard InChI is InChI=1S/C26H30N2O5/c1-5-32-20-8-6-7-17(15-20)23-22(25(30)26(31)28(23)12-11-27(3)4)24(29)18-9-10-21-19(14-18)13-16(2)33-21/h6-10,14-16,23,29H,5,11-13H2,1-4H3/b24-22+/t16-,23+/m1/s1. The highest BCUT2D eigenvalue weighted by Crippen LogP contribution is 2.41. The van der Waals surface area contributed by atoms with Crippen LogP contribution in [0.4, 0.5) is 0 Å². The molecule has 174 valence electrons. The van der Waals surface area contributed by atoms with Gasteiger partial charge in [0.25, 0.3) is 11.7 Å². The van der Waals surface area contributed by atoms with E-state index in [1.807, 2.05) is 63.2 Å². The maximum Gasteiger partial charge on any atom is 0.295 e. The maximum atomic E-state index is 13.2. The second-order valence-electron chi connectivity index (χ2n) is 8.76. The summed E-state index contributed by atoms with van der Waals surface area (Å²) in [6.07, 6.45) is 0.795. The van der Waals surface area contributed by atoms with Gasteiger partial charge in [-0.2, -0.15) is 0 Å². The molecule has 0 spiro atoms. The van der Waals surface area contributed by atoms with Gasteiger partial charge in [0.05, 0.1) is 18.2 Å². The first-order valence-corrected chi connectivity index (χ1v) is 11.3. The Bertz CT molecular complexity index is 1110. The molecule has 0 aliphatic carbocycles. The predicted octanol–water partition coefficient (Wildman–Crippen LogP) is 3.39. The first kappa shape index (κ1) is 22.9. The first-order valence-electron chi connectivity index (χ1n) is 11.3. The summed E-state index contributed by atoms with van der Waals surface area (Å²) in [7, 11) is 3.82. The Morgan fingerprint density at radius 1 is 1.21 bits per heavy atom. The third kappa shape index (κ3) is 4.46. The molecular formula is C26H30N2O5. The van der Waals surface area contributed by atoms with Crippen LogP contribution >= 0.6 is 0 Å². The second kappa shape index (κ2) is 9.27. The minimum absolute atomic E-state index is 0.0651. The van der Waals surface area contributed by atoms with Crippen LogP contribution in [0, 0.1) is 0 Å². The smallest absolute Gasteiger partial charge is 0.295 e. The molecule has 0 bridgehead atoms. The highest BCUT2D eigenvalue weighted by Gasteiger charge is 2.46. The lowest BCUT2D eigenvalue weighted by atomic mass is 9.94. The Morgan fingerprint density at radius 3 is 2.73 bits per heavy atom. The molecule has 2 atom stereocenters. The number of ketones is 1. The van der Waals surface area contributed by atoms with Crippen LogP contribution in [0.25, 0.3) is 5.76 Å². The van der Waals surface area contributed by atoms with Gasteiger partial charge in [0, 0.05) is 25.1 Å². The average molecular weight is 451 g/mol. The number of hydrogen-bond acceptors (Lipinski definition) is 6. The Kier molecular flexibility index (Phi) is 6.42. The number of fused-ring (bicyclic) bond motifs is 1. The quantitative estimate of drug-likeness (QED) is 0.396. The van der Waals surface area contributed by atoms with E-state index in [9.17, 15) is 14.7 Å². The zero-order chi connectivity index (χ0) is 23.7. The molecule has 2 heterocycles. The molecule has 33 heavy (non-hydrogen) atoms. The van der Waals surface area contributed by atoms with Gasteiger partial charge in [-0.05, 0) is 69.4 Å². The highest BCUT2D eigenvalue weighted by molar-refractivity contribution is 6.46. The van der Waals surface area contributed by atoms with Crippen molar-refractivity contribution in [2.24, 2.45) is 0 Å². The Hall–Kier alpha value is -3.32. The van der Waals surface area contributed by atoms with Crippen LogP contribution in [0.3, 0.4) is 0 Å². The zero-order valence-electron chi connectivity index (χ0n) is 19.5. The number of aliphatic hydroxyl groups is 1. The fourth-order valence-corrected chi connectivity index (χ4v) is 4.43. The molecular weight excluding hydrogens is 420 g/mol. The molecule has 1 fully saturated rings. The molecule has 0 aromatic heterocycles. The van der Waals surface area contributed by atoms with Crippen LogP contribution in [0.1, 0.15) is 36.6 Å². The monoisotopic (exact) mass is 450 g/mol. The van der Waals surface area contributed by atoms with Crippen molar-refractivity contribution >= 4 is 17.4 Å². The van der Waals surface area contributed by atoms with E-state index in [0.29, 0.717) is 31.0 Å². The second-order valence-corrected chi connectivity index (χ2v) is 8.76. The summed E-state index contributed by atoms with van der Waals surface area (Å²) in [6, 6.07) is 12.0. The number of hydrogen-bond donors (Lipinski definition) is 1. The van der Waals surface area contributed by atoms with Crippen LogP contribution in [0.15, 0.2) is 48.0 Å². The molecule has 2 aliphatic rings. The number of aliphatic hydroxyl groups excluding tert-OH is 1. The Labute approximate surface area is 194 Å². The van der Waals surface area contributed by atoms with Crippen LogP contribution in [0.5, 0.6) is 11.5 Å². The summed E-state index contributed by atoms with van der Waals surface area (Å²) in [5, 5.41) is 11.3. The summed E-state index contributed by atoms with van der Waals surface area (Å²) < 4.78 is 11.4. The van der Waals surface area contributed by atoms with Crippen LogP contribution < -0.4 is 9.47 Å². The van der Waals surface area contributed by atoms with E-state index in [4.69, 9.17) is 9.47 Å². The molecule has 1 amide bonds. The molecule has 1 N–H and O–H groups in total. The number of amides is 1. The van der Waals surface area contributed by atoms with Gasteiger partial charge in [-0.25, -0.2) is 0 Å². The number of carbonyl (C=O) groups is 2. The number of Topliss-reactive ketones (excluding diaryl/α,β-unsaturated/α-hetero) is 1. The van der Waals surface area contributed by atoms with Crippen LogP contribution in [-0.2, 0) is 16.0 Å². The molecule has 0 radical (unpaired) electrons. The lowest BCUT2D eigenvalue weighted by Crippen LogP contribution is -2.35. The molecule has 2 aliphatic heterocycles. The fraction of sp³-hybridized carbons (Fsp3) is 0.385. The highest BCUT2D eigenvalue weighted by atomic mass is 16.5. The number of carbonyl (C=O) groups excluding carboxylic acids is 2. The van der Waals surface area contributed by atoms with Gasteiger partial charge in [0.15, 0.2) is 0 Å². The molecule has 2 aromatic rings. The normalized spacial score (nSPS) is 21.4. The van der Waals surface area contributed by atoms with Crippen molar-refractivity contribution in [1.82, 2.24) is 9.80 Å². The SMILES string of the molecule is CCOc1cccc([C@H]2/C(=C(\O)c3ccc4c(c3)C[C@@H](C)O4)C(=O)C(=O)N2CCN(C)C)c1. The summed E-state index contributed by atoms with van der Waals surface area (Å²) in [5.41, 5.74) is 2.30. The van der Waals surface area contributed by atoms with Gasteiger partial charge in [-0.1, -0.05) is 12.1 Å². The first-order chi connectivity index (χ1) is 15.8. The molecule has 7 heteroatoms. The van der Waals surface area contributed by atoms with E-state index in [1.54, 1.807) is 12.1 Å². The summed E-state index contributed by atoms with van der Waals surface area (Å²) in [5.74, 6) is -0.0234. The van der Waals surface area contributed by atoms with E-state index in [2.05, 4.69) is 0 Å². The summed E-state index contributed by atoms with van der Waals surface area (Å²) in [4.78, 5) is 29.7. The Morgan fingerprint density at radius 2 is 2.00 bits per heavy atom. The average Bonchev–Trinajstić information content (AvgIpc) is 3.28. The predicted molar refractivity (Wildman–Crippen MR) is 125 cm³/mol. The van der Waals surface area contributed by atoms with E-state index >= 15 is 0 Å². The lowest BCUT2D eigenvalue weighted by Gasteiger charge is -2.27. The van der Waals surface area contributed by atoms with Gasteiger partial charge in [0.2, 0.25) is 0 Å². The lowest BCUT2D eigenvalue weighted by molar-refractivity contribution is -0.140. The van der Waals surface area contributed by atoms with Crippen molar-refractivity contribution in [3.63, 3.8) is 0 Å². The minimum Gasteiger partial charge on any atom is -0.507 e. The van der Waals surface area contributed by atoms with Gasteiger partial charge >= 0.3 is 0 Å². The Balaban J connectivity index is 1.82. The summed E-state index contributed by atoms with van der Waals surface area (Å²) >= 11 is 0. The van der Waals surface area contributed by atoms with E-state index < -0.39 is 17.7 Å². The van der Waals surface area contributed by atoms with Crippen LogP contribution in [-0.4, -0.2) is 66.5 Å². The molecule has 2 aromatic carbocycles.